The summed E-state index contributed by atoms with van der Waals surface area (Å²) in [6.45, 7) is 11.4. The highest BCUT2D eigenvalue weighted by molar-refractivity contribution is 7.10. The number of thiophene rings is 1. The molecule has 0 unspecified atom stereocenters. The van der Waals surface area contributed by atoms with Crippen molar-refractivity contribution in [2.45, 2.75) is 65.5 Å². The third kappa shape index (κ3) is 6.07. The molecule has 0 fully saturated rings. The number of carbonyl (C=O) groups is 2. The normalized spacial score (nSPS) is 15.8. The van der Waals surface area contributed by atoms with E-state index in [0.29, 0.717) is 24.6 Å². The van der Waals surface area contributed by atoms with Gasteiger partial charge in [-0.1, -0.05) is 51.1 Å². The molecule has 37 heavy (non-hydrogen) atoms. The van der Waals surface area contributed by atoms with Crippen LogP contribution in [-0.2, 0) is 11.2 Å². The smallest absolute Gasteiger partial charge is 0.254 e. The molecule has 6 heteroatoms. The first-order valence-corrected chi connectivity index (χ1v) is 14.1. The van der Waals surface area contributed by atoms with E-state index in [0.717, 1.165) is 29.7 Å². The van der Waals surface area contributed by atoms with Crippen molar-refractivity contribution >= 4 is 23.2 Å². The Kier molecular flexibility index (Phi) is 8.70. The van der Waals surface area contributed by atoms with E-state index in [1.165, 1.54) is 10.4 Å². The number of nitrogens with zero attached hydrogens (tertiary/aromatic N) is 2. The van der Waals surface area contributed by atoms with Gasteiger partial charge in [0.1, 0.15) is 18.9 Å². The minimum absolute atomic E-state index is 0.0390. The number of benzene rings is 2. The van der Waals surface area contributed by atoms with E-state index < -0.39 is 0 Å². The quantitative estimate of drug-likeness (QED) is 0.320. The van der Waals surface area contributed by atoms with Crippen molar-refractivity contribution in [1.82, 2.24) is 9.80 Å². The van der Waals surface area contributed by atoms with Crippen molar-refractivity contribution in [3.63, 3.8) is 0 Å². The first kappa shape index (κ1) is 26.9. The zero-order valence-electron chi connectivity index (χ0n) is 22.6. The highest BCUT2D eigenvalue weighted by Crippen LogP contribution is 2.34. The Morgan fingerprint density at radius 2 is 1.81 bits per heavy atom. The van der Waals surface area contributed by atoms with Crippen molar-refractivity contribution in [2.75, 3.05) is 19.7 Å². The van der Waals surface area contributed by atoms with Gasteiger partial charge in [0.15, 0.2) is 0 Å². The summed E-state index contributed by atoms with van der Waals surface area (Å²) in [5, 5.41) is 2.09. The number of carbonyl (C=O) groups excluding carboxylic acids is 2. The van der Waals surface area contributed by atoms with E-state index in [4.69, 9.17) is 4.74 Å². The number of amides is 2. The second-order valence-electron chi connectivity index (χ2n) is 10.2. The average Bonchev–Trinajstić information content (AvgIpc) is 3.39. The highest BCUT2D eigenvalue weighted by atomic mass is 32.1. The van der Waals surface area contributed by atoms with E-state index in [2.05, 4.69) is 37.4 Å². The Balaban J connectivity index is 1.54. The molecule has 0 N–H and O–H groups in total. The molecule has 2 atom stereocenters. The van der Waals surface area contributed by atoms with Crippen molar-refractivity contribution < 1.29 is 14.3 Å². The van der Waals surface area contributed by atoms with E-state index in [1.807, 2.05) is 62.1 Å². The summed E-state index contributed by atoms with van der Waals surface area (Å²) >= 11 is 1.74. The van der Waals surface area contributed by atoms with Crippen LogP contribution < -0.4 is 4.74 Å². The van der Waals surface area contributed by atoms with Crippen LogP contribution in [0.2, 0.25) is 0 Å². The van der Waals surface area contributed by atoms with E-state index >= 15 is 0 Å². The van der Waals surface area contributed by atoms with Crippen molar-refractivity contribution in [3.8, 4) is 5.75 Å². The summed E-state index contributed by atoms with van der Waals surface area (Å²) < 4.78 is 6.22. The number of fused-ring (bicyclic) bond motifs is 1. The van der Waals surface area contributed by atoms with Crippen LogP contribution in [0.25, 0.3) is 0 Å². The minimum atomic E-state index is -0.181. The summed E-state index contributed by atoms with van der Waals surface area (Å²) in [5.41, 5.74) is 4.00. The predicted molar refractivity (Wildman–Crippen MR) is 150 cm³/mol. The second-order valence-corrected chi connectivity index (χ2v) is 11.2. The topological polar surface area (TPSA) is 49.9 Å². The molecule has 2 heterocycles. The van der Waals surface area contributed by atoms with Gasteiger partial charge in [0, 0.05) is 23.0 Å². The maximum absolute atomic E-state index is 13.8. The maximum Gasteiger partial charge on any atom is 0.254 e. The van der Waals surface area contributed by atoms with Crippen LogP contribution in [0.4, 0.5) is 0 Å². The molecular formula is C31H38N2O3S. The van der Waals surface area contributed by atoms with E-state index in [1.54, 1.807) is 16.2 Å². The fourth-order valence-corrected chi connectivity index (χ4v) is 5.78. The van der Waals surface area contributed by atoms with Gasteiger partial charge in [-0.2, -0.15) is 0 Å². The lowest BCUT2D eigenvalue weighted by Gasteiger charge is -2.38. The Bertz CT molecular complexity index is 1220. The number of ether oxygens (including phenoxy) is 1. The molecular weight excluding hydrogens is 480 g/mol. The Labute approximate surface area is 225 Å². The van der Waals surface area contributed by atoms with Crippen LogP contribution in [0.3, 0.4) is 0 Å². The molecule has 1 aliphatic rings. The van der Waals surface area contributed by atoms with Gasteiger partial charge < -0.3 is 14.5 Å². The SMILES string of the molecule is CC[C@H](C)N(CC(=O)N1CCc2sccc2[C@@H]1COc1ccc(C(C)C)cc1)C(=O)c1ccccc1C. The summed E-state index contributed by atoms with van der Waals surface area (Å²) in [7, 11) is 0. The molecule has 2 aromatic carbocycles. The van der Waals surface area contributed by atoms with Gasteiger partial charge in [-0.05, 0) is 78.9 Å². The van der Waals surface area contributed by atoms with Gasteiger partial charge in [0.05, 0.1) is 6.04 Å². The summed E-state index contributed by atoms with van der Waals surface area (Å²) in [6.07, 6.45) is 1.60. The van der Waals surface area contributed by atoms with Crippen molar-refractivity contribution in [1.29, 1.82) is 0 Å². The average molecular weight is 519 g/mol. The molecule has 0 saturated carbocycles. The zero-order chi connectivity index (χ0) is 26.5. The van der Waals surface area contributed by atoms with Crippen LogP contribution in [0.15, 0.2) is 60.0 Å². The fourth-order valence-electron chi connectivity index (χ4n) is 4.85. The maximum atomic E-state index is 13.8. The second kappa shape index (κ2) is 12.0. The van der Waals surface area contributed by atoms with Crippen LogP contribution in [0.1, 0.15) is 78.0 Å². The van der Waals surface area contributed by atoms with Crippen LogP contribution in [0.5, 0.6) is 5.75 Å². The first-order chi connectivity index (χ1) is 17.8. The van der Waals surface area contributed by atoms with Gasteiger partial charge >= 0.3 is 0 Å². The zero-order valence-corrected chi connectivity index (χ0v) is 23.4. The molecule has 4 rings (SSSR count). The Morgan fingerprint density at radius 1 is 1.08 bits per heavy atom. The molecule has 0 bridgehead atoms. The third-order valence-electron chi connectivity index (χ3n) is 7.43. The van der Waals surface area contributed by atoms with Gasteiger partial charge in [-0.3, -0.25) is 9.59 Å². The fraction of sp³-hybridized carbons (Fsp3) is 0.419. The van der Waals surface area contributed by atoms with Crippen LogP contribution >= 0.6 is 11.3 Å². The lowest BCUT2D eigenvalue weighted by molar-refractivity contribution is -0.136. The molecule has 0 spiro atoms. The molecule has 0 saturated heterocycles. The summed E-state index contributed by atoms with van der Waals surface area (Å²) in [6, 6.07) is 17.7. The molecule has 1 aliphatic heterocycles. The van der Waals surface area contributed by atoms with Crippen molar-refractivity contribution in [3.05, 3.63) is 87.1 Å². The van der Waals surface area contributed by atoms with Gasteiger partial charge in [0.25, 0.3) is 5.91 Å². The highest BCUT2D eigenvalue weighted by Gasteiger charge is 2.34. The molecule has 5 nitrogen and oxygen atoms in total. The van der Waals surface area contributed by atoms with E-state index in [-0.39, 0.29) is 30.4 Å². The van der Waals surface area contributed by atoms with Crippen LogP contribution in [-0.4, -0.2) is 47.4 Å². The molecule has 0 aliphatic carbocycles. The number of hydrogen-bond donors (Lipinski definition) is 0. The number of hydrogen-bond acceptors (Lipinski definition) is 4. The van der Waals surface area contributed by atoms with Crippen LogP contribution in [0, 0.1) is 6.92 Å². The van der Waals surface area contributed by atoms with Gasteiger partial charge in [-0.15, -0.1) is 11.3 Å². The first-order valence-electron chi connectivity index (χ1n) is 13.2. The molecule has 2 amide bonds. The van der Waals surface area contributed by atoms with E-state index in [9.17, 15) is 9.59 Å². The molecule has 196 valence electrons. The minimum Gasteiger partial charge on any atom is -0.491 e. The molecule has 3 aromatic rings. The standard InChI is InChI=1S/C31H38N2O3S/c1-6-23(5)33(31(35)26-10-8-7-9-22(26)4)19-30(34)32-17-15-29-27(16-18-37-29)28(32)20-36-25-13-11-24(12-14-25)21(2)3/h7-14,16,18,21,23,28H,6,15,17,19-20H2,1-5H3/t23-,28-/m0/s1. The number of aryl methyl sites for hydroxylation is 1. The lowest BCUT2D eigenvalue weighted by atomic mass is 10.00. The Morgan fingerprint density at radius 3 is 2.49 bits per heavy atom. The molecule has 0 radical (unpaired) electrons. The van der Waals surface area contributed by atoms with Crippen molar-refractivity contribution in [2.24, 2.45) is 0 Å². The monoisotopic (exact) mass is 518 g/mol. The Hall–Kier alpha value is -3.12. The third-order valence-corrected chi connectivity index (χ3v) is 8.43. The van der Waals surface area contributed by atoms with Gasteiger partial charge in [0.2, 0.25) is 5.91 Å². The summed E-state index contributed by atoms with van der Waals surface area (Å²) in [4.78, 5) is 32.3. The predicted octanol–water partition coefficient (Wildman–Crippen LogP) is 6.63. The largest absolute Gasteiger partial charge is 0.491 e. The molecule has 1 aromatic heterocycles. The van der Waals surface area contributed by atoms with Gasteiger partial charge in [-0.25, -0.2) is 0 Å². The number of rotatable bonds is 9. The summed E-state index contributed by atoms with van der Waals surface area (Å²) in [5.74, 6) is 1.13. The lowest BCUT2D eigenvalue weighted by Crippen LogP contribution is -2.50.